The number of ether oxygens (including phenoxy) is 2. The Morgan fingerprint density at radius 2 is 2.14 bits per heavy atom. The van der Waals surface area contributed by atoms with Crippen molar-refractivity contribution in [1.29, 1.82) is 0 Å². The van der Waals surface area contributed by atoms with E-state index in [1.54, 1.807) is 11.7 Å². The van der Waals surface area contributed by atoms with Crippen molar-refractivity contribution in [2.45, 2.75) is 44.6 Å². The van der Waals surface area contributed by atoms with Crippen molar-refractivity contribution < 1.29 is 27.4 Å². The Morgan fingerprint density at radius 3 is 2.86 bits per heavy atom. The fourth-order valence-electron chi connectivity index (χ4n) is 3.90. The van der Waals surface area contributed by atoms with Crippen LogP contribution in [0.3, 0.4) is 0 Å². The molecule has 0 aliphatic carbocycles. The Labute approximate surface area is 159 Å². The minimum atomic E-state index is -4.62. The van der Waals surface area contributed by atoms with E-state index in [4.69, 9.17) is 4.74 Å². The molecule has 0 saturated carbocycles. The second kappa shape index (κ2) is 6.80. The van der Waals surface area contributed by atoms with E-state index in [9.17, 15) is 18.0 Å². The molecule has 28 heavy (non-hydrogen) atoms. The summed E-state index contributed by atoms with van der Waals surface area (Å²) in [5.41, 5.74) is 2.36. The number of aromatic nitrogens is 2. The van der Waals surface area contributed by atoms with Gasteiger partial charge in [0.15, 0.2) is 11.8 Å². The van der Waals surface area contributed by atoms with Crippen LogP contribution in [0.1, 0.15) is 47.6 Å². The Morgan fingerprint density at radius 1 is 1.36 bits per heavy atom. The first-order valence-corrected chi connectivity index (χ1v) is 9.06. The number of halogens is 3. The summed E-state index contributed by atoms with van der Waals surface area (Å²) in [6.07, 6.45) is -3.60. The van der Waals surface area contributed by atoms with Crippen LogP contribution >= 0.6 is 0 Å². The van der Waals surface area contributed by atoms with Crippen LogP contribution < -0.4 is 4.74 Å². The molecule has 4 rings (SSSR count). The van der Waals surface area contributed by atoms with Gasteiger partial charge in [-0.1, -0.05) is 0 Å². The van der Waals surface area contributed by atoms with Crippen molar-refractivity contribution in [1.82, 2.24) is 14.5 Å². The van der Waals surface area contributed by atoms with Crippen LogP contribution in [-0.2, 0) is 11.3 Å². The second-order valence-electron chi connectivity index (χ2n) is 7.06. The number of benzene rings is 1. The summed E-state index contributed by atoms with van der Waals surface area (Å²) < 4.78 is 50.2. The average molecular weight is 395 g/mol. The number of hydrogen-bond acceptors (Lipinski definition) is 5. The van der Waals surface area contributed by atoms with Gasteiger partial charge in [-0.25, -0.2) is 9.78 Å². The van der Waals surface area contributed by atoms with Gasteiger partial charge >= 0.3 is 12.1 Å². The summed E-state index contributed by atoms with van der Waals surface area (Å²) in [7, 11) is 1.59. The van der Waals surface area contributed by atoms with E-state index < -0.39 is 18.2 Å². The Hall–Kier alpha value is -2.55. The van der Waals surface area contributed by atoms with Crippen molar-refractivity contribution in [3.63, 3.8) is 0 Å². The van der Waals surface area contributed by atoms with Crippen LogP contribution in [-0.4, -0.2) is 46.4 Å². The summed E-state index contributed by atoms with van der Waals surface area (Å²) in [6.45, 7) is 2.31. The van der Waals surface area contributed by atoms with Gasteiger partial charge < -0.3 is 14.0 Å². The normalized spacial score (nSPS) is 20.0. The fraction of sp³-hybridized carbons (Fsp3) is 0.474. The third-order valence-electron chi connectivity index (χ3n) is 5.34. The van der Waals surface area contributed by atoms with Crippen LogP contribution in [0, 0.1) is 0 Å². The number of methoxy groups -OCH3 is 1. The maximum atomic E-state index is 12.8. The lowest BCUT2D eigenvalue weighted by atomic mass is 10.1. The van der Waals surface area contributed by atoms with E-state index in [1.807, 2.05) is 18.2 Å². The topological polar surface area (TPSA) is 56.6 Å². The first-order chi connectivity index (χ1) is 13.3. The van der Waals surface area contributed by atoms with Crippen molar-refractivity contribution in [2.75, 3.05) is 13.7 Å². The molecule has 6 nitrogen and oxygen atoms in total. The molecule has 9 heteroatoms. The lowest BCUT2D eigenvalue weighted by Gasteiger charge is -2.23. The van der Waals surface area contributed by atoms with Gasteiger partial charge in [0, 0.05) is 6.54 Å². The molecule has 2 atom stereocenters. The molecule has 0 N–H and O–H groups in total. The molecule has 3 heterocycles. The summed E-state index contributed by atoms with van der Waals surface area (Å²) in [5, 5.41) is 0. The molecule has 1 fully saturated rings. The van der Waals surface area contributed by atoms with Gasteiger partial charge in [0.2, 0.25) is 0 Å². The van der Waals surface area contributed by atoms with Gasteiger partial charge in [-0.15, -0.1) is 0 Å². The van der Waals surface area contributed by atoms with Gasteiger partial charge in [-0.3, -0.25) is 4.90 Å². The third-order valence-corrected chi connectivity index (χ3v) is 5.34. The zero-order chi connectivity index (χ0) is 20.1. The third kappa shape index (κ3) is 3.13. The molecular formula is C19H20F3N3O3. The van der Waals surface area contributed by atoms with Gasteiger partial charge in [-0.2, -0.15) is 13.2 Å². The first kappa shape index (κ1) is 18.8. The number of carbonyl (C=O) groups excluding carboxylic acids is 1. The van der Waals surface area contributed by atoms with Crippen LogP contribution in [0.4, 0.5) is 13.2 Å². The number of imidazole rings is 1. The lowest BCUT2D eigenvalue weighted by Crippen LogP contribution is -2.31. The molecule has 1 saturated heterocycles. The zero-order valence-corrected chi connectivity index (χ0v) is 15.5. The standard InChI is InChI=1S/C19H20F3N3O3/c1-11(19(20,21)22)28-18(26)16-17-15-4-3-7-24(15)9-12-8-13(27-2)5-6-14(12)25(17)10-23-16/h5-6,8,10-11,15H,3-4,7,9H2,1-2H3/t11?,15-/m0/s1. The summed E-state index contributed by atoms with van der Waals surface area (Å²) in [6, 6.07) is 5.51. The number of fused-ring (bicyclic) bond motifs is 5. The number of nitrogens with zero attached hydrogens (tertiary/aromatic N) is 3. The van der Waals surface area contributed by atoms with Crippen molar-refractivity contribution in [3.8, 4) is 11.4 Å². The fourth-order valence-corrected chi connectivity index (χ4v) is 3.90. The highest BCUT2D eigenvalue weighted by Gasteiger charge is 2.42. The highest BCUT2D eigenvalue weighted by Crippen LogP contribution is 2.40. The van der Waals surface area contributed by atoms with Crippen LogP contribution in [0.25, 0.3) is 5.69 Å². The maximum Gasteiger partial charge on any atom is 0.425 e. The van der Waals surface area contributed by atoms with Crippen molar-refractivity contribution in [2.24, 2.45) is 0 Å². The zero-order valence-electron chi connectivity index (χ0n) is 15.5. The molecule has 2 aromatic rings. The molecule has 0 bridgehead atoms. The molecule has 150 valence electrons. The summed E-state index contributed by atoms with van der Waals surface area (Å²) >= 11 is 0. The van der Waals surface area contributed by atoms with Crippen molar-refractivity contribution in [3.05, 3.63) is 41.5 Å². The minimum Gasteiger partial charge on any atom is -0.497 e. The molecule has 0 spiro atoms. The number of carbonyl (C=O) groups is 1. The SMILES string of the molecule is COc1ccc2c(c1)CN1CCC[C@H]1c1c(C(=O)OC(C)C(F)(F)F)ncn1-2. The van der Waals surface area contributed by atoms with E-state index in [0.717, 1.165) is 43.3 Å². The predicted molar refractivity (Wildman–Crippen MR) is 93.4 cm³/mol. The quantitative estimate of drug-likeness (QED) is 0.743. The van der Waals surface area contributed by atoms with Gasteiger partial charge in [0.25, 0.3) is 0 Å². The molecule has 1 unspecified atom stereocenters. The highest BCUT2D eigenvalue weighted by atomic mass is 19.4. The first-order valence-electron chi connectivity index (χ1n) is 9.06. The van der Waals surface area contributed by atoms with E-state index in [-0.39, 0.29) is 11.7 Å². The Kier molecular flexibility index (Phi) is 4.57. The number of alkyl halides is 3. The van der Waals surface area contributed by atoms with E-state index in [0.29, 0.717) is 12.2 Å². The summed E-state index contributed by atoms with van der Waals surface area (Å²) in [4.78, 5) is 18.9. The van der Waals surface area contributed by atoms with E-state index in [2.05, 4.69) is 14.6 Å². The van der Waals surface area contributed by atoms with Crippen molar-refractivity contribution >= 4 is 5.97 Å². The van der Waals surface area contributed by atoms with Gasteiger partial charge in [0.1, 0.15) is 12.1 Å². The molecule has 2 aliphatic heterocycles. The summed E-state index contributed by atoms with van der Waals surface area (Å²) in [5.74, 6) is -0.334. The molecular weight excluding hydrogens is 375 g/mol. The number of hydrogen-bond donors (Lipinski definition) is 0. The molecule has 1 aromatic carbocycles. The van der Waals surface area contributed by atoms with E-state index in [1.165, 1.54) is 6.33 Å². The number of esters is 1. The minimum absolute atomic E-state index is 0.0586. The van der Waals surface area contributed by atoms with Crippen LogP contribution in [0.5, 0.6) is 5.75 Å². The average Bonchev–Trinajstić information content (AvgIpc) is 3.25. The molecule has 0 radical (unpaired) electrons. The van der Waals surface area contributed by atoms with Crippen LogP contribution in [0.15, 0.2) is 24.5 Å². The molecule has 0 amide bonds. The number of rotatable bonds is 3. The molecule has 2 aliphatic rings. The van der Waals surface area contributed by atoms with E-state index >= 15 is 0 Å². The monoisotopic (exact) mass is 395 g/mol. The highest BCUT2D eigenvalue weighted by molar-refractivity contribution is 5.89. The largest absolute Gasteiger partial charge is 0.497 e. The lowest BCUT2D eigenvalue weighted by molar-refractivity contribution is -0.198. The Balaban J connectivity index is 1.78. The predicted octanol–water partition coefficient (Wildman–Crippen LogP) is 3.64. The van der Waals surface area contributed by atoms with Gasteiger partial charge in [0.05, 0.1) is 24.5 Å². The molecule has 1 aromatic heterocycles. The smallest absolute Gasteiger partial charge is 0.425 e. The van der Waals surface area contributed by atoms with Crippen LogP contribution in [0.2, 0.25) is 0 Å². The Bertz CT molecular complexity index is 910. The second-order valence-corrected chi connectivity index (χ2v) is 7.06. The van der Waals surface area contributed by atoms with Gasteiger partial charge in [-0.05, 0) is 50.1 Å². The maximum absolute atomic E-state index is 12.8.